The lowest BCUT2D eigenvalue weighted by Crippen LogP contribution is -2.15. The van der Waals surface area contributed by atoms with Crippen LogP contribution in [0, 0.1) is 29.6 Å². The zero-order valence-electron chi connectivity index (χ0n) is 13.2. The molecule has 2 heterocycles. The van der Waals surface area contributed by atoms with E-state index in [-0.39, 0.29) is 11.7 Å². The van der Waals surface area contributed by atoms with Crippen LogP contribution in [0.2, 0.25) is 0 Å². The van der Waals surface area contributed by atoms with E-state index in [1.165, 1.54) is 5.56 Å². The molecular weight excluding hydrogens is 288 g/mol. The van der Waals surface area contributed by atoms with E-state index in [2.05, 4.69) is 42.0 Å². The number of allylic oxidation sites excluding steroid dienone is 2. The molecule has 0 spiro atoms. The normalized spacial score (nSPS) is 16.5. The second-order valence-electron chi connectivity index (χ2n) is 5.86. The van der Waals surface area contributed by atoms with Crippen molar-refractivity contribution in [1.82, 2.24) is 9.97 Å². The van der Waals surface area contributed by atoms with Gasteiger partial charge in [-0.25, -0.2) is 0 Å². The predicted molar refractivity (Wildman–Crippen MR) is 84.6 cm³/mol. The Bertz CT molecular complexity index is 860. The van der Waals surface area contributed by atoms with Crippen molar-refractivity contribution in [1.29, 1.82) is 10.5 Å². The largest absolute Gasteiger partial charge is 0.425 e. The quantitative estimate of drug-likeness (QED) is 0.917. The molecule has 1 aliphatic rings. The molecule has 5 heteroatoms. The van der Waals surface area contributed by atoms with Crippen LogP contribution in [-0.2, 0) is 0 Å². The fourth-order valence-electron chi connectivity index (χ4n) is 2.79. The van der Waals surface area contributed by atoms with Crippen molar-refractivity contribution in [3.63, 3.8) is 0 Å². The van der Waals surface area contributed by atoms with Crippen LogP contribution in [0.15, 0.2) is 35.6 Å². The first-order valence-electron chi connectivity index (χ1n) is 7.43. The number of aryl methyl sites for hydroxylation is 1. The van der Waals surface area contributed by atoms with Crippen molar-refractivity contribution in [2.24, 2.45) is 0 Å². The maximum atomic E-state index is 9.53. The molecule has 0 amide bonds. The highest BCUT2D eigenvalue weighted by Crippen LogP contribution is 2.41. The molecule has 114 valence electrons. The minimum absolute atomic E-state index is 0.0180. The summed E-state index contributed by atoms with van der Waals surface area (Å²) in [4.78, 5) is 7.43. The monoisotopic (exact) mass is 304 g/mol. The summed E-state index contributed by atoms with van der Waals surface area (Å²) in [7, 11) is 0. The number of fused-ring (bicyclic) bond motifs is 1. The highest BCUT2D eigenvalue weighted by atomic mass is 16.5. The Kier molecular flexibility index (Phi) is 3.64. The van der Waals surface area contributed by atoms with Gasteiger partial charge in [0, 0.05) is 0 Å². The number of imidazole rings is 1. The van der Waals surface area contributed by atoms with Crippen LogP contribution in [0.4, 0.5) is 0 Å². The SMILES string of the molecule is Cc1nc2c([nH]1)[C@@H](c1ccc(C(C)C)cc1)C(C#N)=C(C#N)O2. The molecule has 5 nitrogen and oxygen atoms in total. The van der Waals surface area contributed by atoms with E-state index in [9.17, 15) is 10.5 Å². The third-order valence-electron chi connectivity index (χ3n) is 3.99. The number of hydrogen-bond acceptors (Lipinski definition) is 4. The Hall–Kier alpha value is -3.05. The molecule has 2 aromatic rings. The number of H-pyrrole nitrogens is 1. The Morgan fingerprint density at radius 1 is 1.17 bits per heavy atom. The maximum Gasteiger partial charge on any atom is 0.242 e. The first kappa shape index (κ1) is 14.9. The zero-order chi connectivity index (χ0) is 16.6. The van der Waals surface area contributed by atoms with Crippen LogP contribution < -0.4 is 4.74 Å². The van der Waals surface area contributed by atoms with Gasteiger partial charge >= 0.3 is 0 Å². The summed E-state index contributed by atoms with van der Waals surface area (Å²) >= 11 is 0. The molecule has 0 fully saturated rings. The molecule has 0 unspecified atom stereocenters. The summed E-state index contributed by atoms with van der Waals surface area (Å²) in [5, 5.41) is 18.8. The van der Waals surface area contributed by atoms with Crippen LogP contribution in [0.3, 0.4) is 0 Å². The predicted octanol–water partition coefficient (Wildman–Crippen LogP) is 3.67. The van der Waals surface area contributed by atoms with Crippen LogP contribution in [0.25, 0.3) is 0 Å². The van der Waals surface area contributed by atoms with Gasteiger partial charge in [0.05, 0.1) is 17.2 Å². The molecular formula is C18H16N4O. The molecule has 0 bridgehead atoms. The summed E-state index contributed by atoms with van der Waals surface area (Å²) in [6.07, 6.45) is 0. The van der Waals surface area contributed by atoms with E-state index in [0.29, 0.717) is 23.2 Å². The van der Waals surface area contributed by atoms with E-state index in [4.69, 9.17) is 4.74 Å². The molecule has 0 aliphatic carbocycles. The molecule has 1 atom stereocenters. The summed E-state index contributed by atoms with van der Waals surface area (Å²) in [5.74, 6) is 1.15. The molecule has 1 aliphatic heterocycles. The number of benzene rings is 1. The van der Waals surface area contributed by atoms with Crippen LogP contribution in [-0.4, -0.2) is 9.97 Å². The smallest absolute Gasteiger partial charge is 0.242 e. The number of aromatic amines is 1. The van der Waals surface area contributed by atoms with Gasteiger partial charge in [-0.15, -0.1) is 0 Å². The van der Waals surface area contributed by atoms with E-state index in [1.54, 1.807) is 0 Å². The van der Waals surface area contributed by atoms with Crippen LogP contribution >= 0.6 is 0 Å². The number of rotatable bonds is 2. The molecule has 0 saturated carbocycles. The number of ether oxygens (including phenoxy) is 1. The highest BCUT2D eigenvalue weighted by Gasteiger charge is 2.34. The third kappa shape index (κ3) is 2.47. The van der Waals surface area contributed by atoms with Gasteiger partial charge in [0.2, 0.25) is 11.6 Å². The molecule has 0 radical (unpaired) electrons. The van der Waals surface area contributed by atoms with Gasteiger partial charge < -0.3 is 9.72 Å². The number of nitrogens with one attached hydrogen (secondary N) is 1. The van der Waals surface area contributed by atoms with Gasteiger partial charge in [0.1, 0.15) is 18.0 Å². The second kappa shape index (κ2) is 5.62. The van der Waals surface area contributed by atoms with Crippen molar-refractivity contribution in [2.75, 3.05) is 0 Å². The minimum atomic E-state index is -0.360. The average Bonchev–Trinajstić information content (AvgIpc) is 2.92. The van der Waals surface area contributed by atoms with Crippen LogP contribution in [0.5, 0.6) is 5.88 Å². The lowest BCUT2D eigenvalue weighted by molar-refractivity contribution is 0.405. The summed E-state index contributed by atoms with van der Waals surface area (Å²) in [6, 6.07) is 12.2. The van der Waals surface area contributed by atoms with Gasteiger partial charge in [-0.2, -0.15) is 15.5 Å². The minimum Gasteiger partial charge on any atom is -0.425 e. The Balaban J connectivity index is 2.16. The summed E-state index contributed by atoms with van der Waals surface area (Å²) in [5.41, 5.74) is 3.19. The number of hydrogen-bond donors (Lipinski definition) is 1. The fraction of sp³-hybridized carbons (Fsp3) is 0.278. The number of aromatic nitrogens is 2. The van der Waals surface area contributed by atoms with Crippen molar-refractivity contribution in [3.05, 3.63) is 58.2 Å². The van der Waals surface area contributed by atoms with E-state index in [1.807, 2.05) is 25.1 Å². The molecule has 23 heavy (non-hydrogen) atoms. The zero-order valence-corrected chi connectivity index (χ0v) is 13.2. The van der Waals surface area contributed by atoms with Crippen molar-refractivity contribution >= 4 is 0 Å². The fourth-order valence-corrected chi connectivity index (χ4v) is 2.79. The second-order valence-corrected chi connectivity index (χ2v) is 5.86. The average molecular weight is 304 g/mol. The third-order valence-corrected chi connectivity index (χ3v) is 3.99. The number of nitrogens with zero attached hydrogens (tertiary/aromatic N) is 3. The first-order valence-corrected chi connectivity index (χ1v) is 7.43. The van der Waals surface area contributed by atoms with Gasteiger partial charge in [0.25, 0.3) is 0 Å². The van der Waals surface area contributed by atoms with E-state index in [0.717, 1.165) is 11.3 Å². The Morgan fingerprint density at radius 2 is 1.87 bits per heavy atom. The first-order chi connectivity index (χ1) is 11.0. The standard InChI is InChI=1S/C18H16N4O/c1-10(2)12-4-6-13(7-5-12)16-14(8-19)15(9-20)23-18-17(16)21-11(3)22-18/h4-7,10,16H,1-3H3,(H,21,22)/t16-/m0/s1. The van der Waals surface area contributed by atoms with Crippen LogP contribution in [0.1, 0.15) is 48.3 Å². The van der Waals surface area contributed by atoms with E-state index >= 15 is 0 Å². The summed E-state index contributed by atoms with van der Waals surface area (Å²) in [6.45, 7) is 6.08. The highest BCUT2D eigenvalue weighted by molar-refractivity contribution is 5.54. The lowest BCUT2D eigenvalue weighted by Gasteiger charge is -2.22. The summed E-state index contributed by atoms with van der Waals surface area (Å²) < 4.78 is 5.47. The maximum absolute atomic E-state index is 9.53. The molecule has 0 saturated heterocycles. The molecule has 1 aromatic carbocycles. The van der Waals surface area contributed by atoms with Gasteiger partial charge in [0.15, 0.2) is 0 Å². The van der Waals surface area contributed by atoms with Gasteiger partial charge in [-0.3, -0.25) is 0 Å². The van der Waals surface area contributed by atoms with Crippen molar-refractivity contribution in [3.8, 4) is 18.0 Å². The molecule has 1 aromatic heterocycles. The van der Waals surface area contributed by atoms with Gasteiger partial charge in [-0.05, 0) is 24.0 Å². The Morgan fingerprint density at radius 3 is 2.43 bits per heavy atom. The number of nitriles is 2. The molecule has 3 rings (SSSR count). The molecule has 1 N–H and O–H groups in total. The topological polar surface area (TPSA) is 85.5 Å². The van der Waals surface area contributed by atoms with Crippen molar-refractivity contribution in [2.45, 2.75) is 32.6 Å². The van der Waals surface area contributed by atoms with Crippen molar-refractivity contribution < 1.29 is 4.74 Å². The van der Waals surface area contributed by atoms with E-state index < -0.39 is 0 Å². The van der Waals surface area contributed by atoms with Gasteiger partial charge in [-0.1, -0.05) is 38.1 Å². The lowest BCUT2D eigenvalue weighted by atomic mass is 9.86. The Labute approximate surface area is 134 Å².